The third-order valence-electron chi connectivity index (χ3n) is 3.17. The molecule has 0 bridgehead atoms. The van der Waals surface area contributed by atoms with Crippen molar-refractivity contribution in [2.24, 2.45) is 0 Å². The van der Waals surface area contributed by atoms with E-state index in [9.17, 15) is 4.79 Å². The number of rotatable bonds is 4. The number of carbonyl (C=O) groups excluding carboxylic acids is 1. The summed E-state index contributed by atoms with van der Waals surface area (Å²) in [6.07, 6.45) is 0. The zero-order chi connectivity index (χ0) is 14.5. The van der Waals surface area contributed by atoms with Gasteiger partial charge in [-0.1, -0.05) is 30.3 Å². The van der Waals surface area contributed by atoms with E-state index >= 15 is 0 Å². The molecule has 0 saturated heterocycles. The van der Waals surface area contributed by atoms with Crippen molar-refractivity contribution in [3.63, 3.8) is 0 Å². The quantitative estimate of drug-likeness (QED) is 0.795. The van der Waals surface area contributed by atoms with E-state index < -0.39 is 0 Å². The predicted molar refractivity (Wildman–Crippen MR) is 78.0 cm³/mol. The van der Waals surface area contributed by atoms with E-state index in [1.54, 1.807) is 12.1 Å². The average Bonchev–Trinajstić information content (AvgIpc) is 2.46. The second-order valence-electron chi connectivity index (χ2n) is 4.70. The van der Waals surface area contributed by atoms with E-state index in [4.69, 9.17) is 4.74 Å². The number of ether oxygens (including phenoxy) is 2. The molecule has 2 aromatic rings. The molecule has 0 saturated carbocycles. The van der Waals surface area contributed by atoms with Crippen molar-refractivity contribution in [2.75, 3.05) is 7.11 Å². The fourth-order valence-electron chi connectivity index (χ4n) is 2.04. The van der Waals surface area contributed by atoms with Crippen molar-refractivity contribution in [1.29, 1.82) is 0 Å². The number of benzene rings is 2. The zero-order valence-corrected chi connectivity index (χ0v) is 12.0. The van der Waals surface area contributed by atoms with Gasteiger partial charge >= 0.3 is 5.97 Å². The molecule has 0 aliphatic carbocycles. The lowest BCUT2D eigenvalue weighted by Crippen LogP contribution is -2.02. The lowest BCUT2D eigenvalue weighted by Gasteiger charge is -2.12. The number of esters is 1. The van der Waals surface area contributed by atoms with Crippen LogP contribution in [-0.4, -0.2) is 13.1 Å². The van der Waals surface area contributed by atoms with Gasteiger partial charge in [0.15, 0.2) is 0 Å². The van der Waals surface area contributed by atoms with Gasteiger partial charge in [-0.15, -0.1) is 0 Å². The van der Waals surface area contributed by atoms with Crippen molar-refractivity contribution in [1.82, 2.24) is 0 Å². The topological polar surface area (TPSA) is 35.5 Å². The minimum atomic E-state index is -0.327. The molecule has 3 nitrogen and oxygen atoms in total. The molecule has 0 heterocycles. The standard InChI is InChI=1S/C17H18O3/c1-12-5-4-6-13(2)16(12)20-11-14-7-9-15(10-8-14)17(18)19-3/h4-10H,11H2,1-3H3. The van der Waals surface area contributed by atoms with Crippen LogP contribution in [0.25, 0.3) is 0 Å². The summed E-state index contributed by atoms with van der Waals surface area (Å²) in [5, 5.41) is 0. The maximum atomic E-state index is 11.3. The Balaban J connectivity index is 2.06. The van der Waals surface area contributed by atoms with Crippen LogP contribution in [0.5, 0.6) is 5.75 Å². The summed E-state index contributed by atoms with van der Waals surface area (Å²) in [7, 11) is 1.38. The normalized spacial score (nSPS) is 10.2. The molecule has 0 unspecified atom stereocenters. The molecule has 3 heteroatoms. The number of para-hydroxylation sites is 1. The summed E-state index contributed by atoms with van der Waals surface area (Å²) in [6, 6.07) is 13.3. The third-order valence-corrected chi connectivity index (χ3v) is 3.17. The van der Waals surface area contributed by atoms with Gasteiger partial charge in [0.05, 0.1) is 12.7 Å². The second kappa shape index (κ2) is 6.24. The van der Waals surface area contributed by atoms with Crippen molar-refractivity contribution >= 4 is 5.97 Å². The Morgan fingerprint density at radius 3 is 2.15 bits per heavy atom. The van der Waals surface area contributed by atoms with Crippen LogP contribution in [0.1, 0.15) is 27.0 Å². The van der Waals surface area contributed by atoms with Gasteiger partial charge in [0.2, 0.25) is 0 Å². The number of hydrogen-bond donors (Lipinski definition) is 0. The monoisotopic (exact) mass is 270 g/mol. The predicted octanol–water partition coefficient (Wildman–Crippen LogP) is 3.67. The molecule has 0 aliphatic heterocycles. The van der Waals surface area contributed by atoms with E-state index in [0.29, 0.717) is 12.2 Å². The molecule has 0 spiro atoms. The van der Waals surface area contributed by atoms with E-state index in [1.165, 1.54) is 7.11 Å². The molecule has 2 rings (SSSR count). The molecule has 0 aliphatic rings. The van der Waals surface area contributed by atoms with Crippen LogP contribution in [0.3, 0.4) is 0 Å². The van der Waals surface area contributed by atoms with E-state index in [-0.39, 0.29) is 5.97 Å². The lowest BCUT2D eigenvalue weighted by atomic mass is 10.1. The molecular formula is C17H18O3. The molecule has 0 fully saturated rings. The highest BCUT2D eigenvalue weighted by Gasteiger charge is 2.06. The van der Waals surface area contributed by atoms with Gasteiger partial charge in [-0.25, -0.2) is 4.79 Å². The van der Waals surface area contributed by atoms with Gasteiger partial charge in [-0.2, -0.15) is 0 Å². The van der Waals surface area contributed by atoms with Gasteiger partial charge in [0, 0.05) is 0 Å². The van der Waals surface area contributed by atoms with Crippen LogP contribution in [0.4, 0.5) is 0 Å². The van der Waals surface area contributed by atoms with Gasteiger partial charge in [-0.05, 0) is 42.7 Å². The number of hydrogen-bond acceptors (Lipinski definition) is 3. The Kier molecular flexibility index (Phi) is 4.41. The molecule has 0 amide bonds. The van der Waals surface area contributed by atoms with Crippen molar-refractivity contribution in [3.8, 4) is 5.75 Å². The Bertz CT molecular complexity index is 580. The fourth-order valence-corrected chi connectivity index (χ4v) is 2.04. The lowest BCUT2D eigenvalue weighted by molar-refractivity contribution is 0.0600. The molecule has 104 valence electrons. The van der Waals surface area contributed by atoms with Gasteiger partial charge in [0.1, 0.15) is 12.4 Å². The molecule has 0 N–H and O–H groups in total. The first kappa shape index (κ1) is 14.1. The van der Waals surface area contributed by atoms with Crippen molar-refractivity contribution in [3.05, 3.63) is 64.7 Å². The molecule has 2 aromatic carbocycles. The Labute approximate surface area is 119 Å². The number of aryl methyl sites for hydroxylation is 2. The van der Waals surface area contributed by atoms with E-state index in [0.717, 1.165) is 22.4 Å². The summed E-state index contributed by atoms with van der Waals surface area (Å²) < 4.78 is 10.5. The number of methoxy groups -OCH3 is 1. The Hall–Kier alpha value is -2.29. The van der Waals surface area contributed by atoms with Crippen molar-refractivity contribution < 1.29 is 14.3 Å². The molecule has 0 aromatic heterocycles. The SMILES string of the molecule is COC(=O)c1ccc(COc2c(C)cccc2C)cc1. The maximum Gasteiger partial charge on any atom is 0.337 e. The Morgan fingerprint density at radius 2 is 1.60 bits per heavy atom. The third kappa shape index (κ3) is 3.18. The first-order valence-electron chi connectivity index (χ1n) is 6.48. The zero-order valence-electron chi connectivity index (χ0n) is 12.0. The van der Waals surface area contributed by atoms with Crippen molar-refractivity contribution in [2.45, 2.75) is 20.5 Å². The average molecular weight is 270 g/mol. The van der Waals surface area contributed by atoms with Crippen LogP contribution >= 0.6 is 0 Å². The second-order valence-corrected chi connectivity index (χ2v) is 4.70. The first-order valence-corrected chi connectivity index (χ1v) is 6.48. The highest BCUT2D eigenvalue weighted by molar-refractivity contribution is 5.89. The van der Waals surface area contributed by atoms with E-state index in [2.05, 4.69) is 4.74 Å². The highest BCUT2D eigenvalue weighted by Crippen LogP contribution is 2.23. The van der Waals surface area contributed by atoms with Gasteiger partial charge in [0.25, 0.3) is 0 Å². The summed E-state index contributed by atoms with van der Waals surface area (Å²) in [6.45, 7) is 4.54. The Morgan fingerprint density at radius 1 is 1.00 bits per heavy atom. The van der Waals surface area contributed by atoms with Gasteiger partial charge in [-0.3, -0.25) is 0 Å². The van der Waals surface area contributed by atoms with Crippen LogP contribution in [0.2, 0.25) is 0 Å². The largest absolute Gasteiger partial charge is 0.488 e. The summed E-state index contributed by atoms with van der Waals surface area (Å²) in [4.78, 5) is 11.3. The maximum absolute atomic E-state index is 11.3. The molecule has 0 radical (unpaired) electrons. The highest BCUT2D eigenvalue weighted by atomic mass is 16.5. The summed E-state index contributed by atoms with van der Waals surface area (Å²) in [5.74, 6) is 0.594. The summed E-state index contributed by atoms with van der Waals surface area (Å²) in [5.41, 5.74) is 3.80. The first-order chi connectivity index (χ1) is 9.61. The molecule has 20 heavy (non-hydrogen) atoms. The smallest absolute Gasteiger partial charge is 0.337 e. The van der Waals surface area contributed by atoms with Crippen LogP contribution in [-0.2, 0) is 11.3 Å². The van der Waals surface area contributed by atoms with Crippen LogP contribution < -0.4 is 4.74 Å². The van der Waals surface area contributed by atoms with E-state index in [1.807, 2.05) is 44.2 Å². The summed E-state index contributed by atoms with van der Waals surface area (Å²) >= 11 is 0. The fraction of sp³-hybridized carbons (Fsp3) is 0.235. The molecular weight excluding hydrogens is 252 g/mol. The van der Waals surface area contributed by atoms with Crippen LogP contribution in [0, 0.1) is 13.8 Å². The minimum Gasteiger partial charge on any atom is -0.488 e. The van der Waals surface area contributed by atoms with Crippen LogP contribution in [0.15, 0.2) is 42.5 Å². The van der Waals surface area contributed by atoms with Gasteiger partial charge < -0.3 is 9.47 Å². The minimum absolute atomic E-state index is 0.327. The number of carbonyl (C=O) groups is 1. The molecule has 0 atom stereocenters.